The van der Waals surface area contributed by atoms with Gasteiger partial charge in [-0.1, -0.05) is 29.8 Å². The van der Waals surface area contributed by atoms with E-state index in [4.69, 9.17) is 17.3 Å². The second-order valence-corrected chi connectivity index (χ2v) is 5.48. The van der Waals surface area contributed by atoms with Crippen molar-refractivity contribution in [1.82, 2.24) is 19.7 Å². The van der Waals surface area contributed by atoms with Crippen molar-refractivity contribution in [1.29, 1.82) is 0 Å². The van der Waals surface area contributed by atoms with Crippen LogP contribution in [0.1, 0.15) is 11.3 Å². The van der Waals surface area contributed by atoms with E-state index in [1.54, 1.807) is 11.6 Å². The summed E-state index contributed by atoms with van der Waals surface area (Å²) < 4.78 is 1.57. The largest absolute Gasteiger partial charge is 0.378 e. The van der Waals surface area contributed by atoms with Crippen LogP contribution in [0.3, 0.4) is 0 Å². The molecule has 0 aliphatic heterocycles. The van der Waals surface area contributed by atoms with Gasteiger partial charge in [-0.25, -0.2) is 14.6 Å². The lowest BCUT2D eigenvalue weighted by Crippen LogP contribution is -2.04. The van der Waals surface area contributed by atoms with Crippen LogP contribution in [0.4, 0.5) is 17.3 Å². The van der Waals surface area contributed by atoms with Crippen LogP contribution in [0.5, 0.6) is 0 Å². The van der Waals surface area contributed by atoms with E-state index >= 15 is 0 Å². The molecule has 0 saturated heterocycles. The SMILES string of the molecule is Cc1nn(-c2ccccc2)c(Cl)c1/C=N\Nc1ncnc(N)c1[N+](=O)[O-]. The van der Waals surface area contributed by atoms with E-state index in [0.29, 0.717) is 16.4 Å². The number of hydrogen-bond donors (Lipinski definition) is 2. The molecule has 2 heterocycles. The molecule has 26 heavy (non-hydrogen) atoms. The van der Waals surface area contributed by atoms with E-state index in [1.165, 1.54) is 6.21 Å². The number of nitrogens with one attached hydrogen (secondary N) is 1. The third kappa shape index (κ3) is 3.30. The highest BCUT2D eigenvalue weighted by molar-refractivity contribution is 6.32. The van der Waals surface area contributed by atoms with Crippen LogP contribution in [0.25, 0.3) is 5.69 Å². The van der Waals surface area contributed by atoms with Crippen molar-refractivity contribution < 1.29 is 4.92 Å². The number of nitrogens with zero attached hydrogens (tertiary/aromatic N) is 6. The minimum absolute atomic E-state index is 0.122. The molecule has 0 saturated carbocycles. The smallest absolute Gasteiger partial charge is 0.354 e. The maximum atomic E-state index is 11.1. The number of anilines is 2. The normalized spacial score (nSPS) is 11.0. The van der Waals surface area contributed by atoms with E-state index in [9.17, 15) is 10.1 Å². The molecule has 0 amide bonds. The molecule has 10 nitrogen and oxygen atoms in total. The molecular weight excluding hydrogens is 360 g/mol. The fraction of sp³-hybridized carbons (Fsp3) is 0.0667. The number of aryl methyl sites for hydroxylation is 1. The molecule has 1 aromatic carbocycles. The van der Waals surface area contributed by atoms with Crippen molar-refractivity contribution in [3.8, 4) is 5.69 Å². The van der Waals surface area contributed by atoms with Gasteiger partial charge in [-0.05, 0) is 19.1 Å². The van der Waals surface area contributed by atoms with Crippen LogP contribution < -0.4 is 11.2 Å². The predicted octanol–water partition coefficient (Wildman–Crippen LogP) is 2.56. The van der Waals surface area contributed by atoms with Crippen molar-refractivity contribution in [3.63, 3.8) is 0 Å². The molecule has 0 aliphatic rings. The monoisotopic (exact) mass is 372 g/mol. The van der Waals surface area contributed by atoms with E-state index < -0.39 is 10.6 Å². The van der Waals surface area contributed by atoms with Crippen LogP contribution in [0.15, 0.2) is 41.8 Å². The Morgan fingerprint density at radius 2 is 2.08 bits per heavy atom. The summed E-state index contributed by atoms with van der Waals surface area (Å²) in [6, 6.07) is 9.36. The second-order valence-electron chi connectivity index (χ2n) is 5.12. The van der Waals surface area contributed by atoms with Crippen molar-refractivity contribution in [2.45, 2.75) is 6.92 Å². The average Bonchev–Trinajstić information content (AvgIpc) is 2.90. The van der Waals surface area contributed by atoms with Gasteiger partial charge in [0.25, 0.3) is 0 Å². The van der Waals surface area contributed by atoms with Crippen molar-refractivity contribution >= 4 is 35.1 Å². The van der Waals surface area contributed by atoms with Crippen molar-refractivity contribution in [2.75, 3.05) is 11.2 Å². The first-order valence-corrected chi connectivity index (χ1v) is 7.71. The zero-order valence-electron chi connectivity index (χ0n) is 13.5. The maximum Gasteiger partial charge on any atom is 0.354 e. The lowest BCUT2D eigenvalue weighted by atomic mass is 10.3. The van der Waals surface area contributed by atoms with Gasteiger partial charge in [0.05, 0.1) is 28.1 Å². The van der Waals surface area contributed by atoms with Crippen LogP contribution in [0, 0.1) is 17.0 Å². The summed E-state index contributed by atoms with van der Waals surface area (Å²) in [4.78, 5) is 17.8. The number of halogens is 1. The molecule has 0 atom stereocenters. The first kappa shape index (κ1) is 17.3. The number of aromatic nitrogens is 4. The Labute approximate surface area is 152 Å². The highest BCUT2D eigenvalue weighted by Crippen LogP contribution is 2.26. The number of benzene rings is 1. The number of nitro groups is 1. The minimum Gasteiger partial charge on any atom is -0.378 e. The lowest BCUT2D eigenvalue weighted by molar-refractivity contribution is -0.383. The number of nitrogen functional groups attached to an aromatic ring is 1. The molecule has 0 unspecified atom stereocenters. The summed E-state index contributed by atoms with van der Waals surface area (Å²) >= 11 is 6.38. The van der Waals surface area contributed by atoms with Gasteiger partial charge in [0.1, 0.15) is 11.5 Å². The quantitative estimate of drug-likeness (QED) is 0.398. The van der Waals surface area contributed by atoms with Gasteiger partial charge in [0.15, 0.2) is 0 Å². The first-order chi connectivity index (χ1) is 12.5. The summed E-state index contributed by atoms with van der Waals surface area (Å²) in [7, 11) is 0. The second kappa shape index (κ2) is 7.15. The standard InChI is InChI=1S/C15H13ClN8O2/c1-9-11(13(16)23(22-9)10-5-3-2-4-6-10)7-20-21-15-12(24(25)26)14(17)18-8-19-15/h2-8H,1H3,(H3,17,18,19,21)/b20-7-. The topological polar surface area (TPSA) is 137 Å². The van der Waals surface area contributed by atoms with Gasteiger partial charge in [-0.3, -0.25) is 15.5 Å². The average molecular weight is 373 g/mol. The molecule has 0 aliphatic carbocycles. The van der Waals surface area contributed by atoms with Crippen molar-refractivity contribution in [2.24, 2.45) is 5.10 Å². The van der Waals surface area contributed by atoms with Gasteiger partial charge in [-0.15, -0.1) is 0 Å². The fourth-order valence-electron chi connectivity index (χ4n) is 2.21. The molecule has 3 aromatic rings. The highest BCUT2D eigenvalue weighted by Gasteiger charge is 2.20. The zero-order valence-corrected chi connectivity index (χ0v) is 14.3. The summed E-state index contributed by atoms with van der Waals surface area (Å²) in [6.45, 7) is 1.78. The van der Waals surface area contributed by atoms with E-state index in [1.807, 2.05) is 30.3 Å². The molecule has 0 radical (unpaired) electrons. The van der Waals surface area contributed by atoms with Crippen molar-refractivity contribution in [3.05, 3.63) is 63.2 Å². The molecule has 3 N–H and O–H groups in total. The van der Waals surface area contributed by atoms with Crippen LogP contribution in [0.2, 0.25) is 5.15 Å². The van der Waals surface area contributed by atoms with Gasteiger partial charge in [0, 0.05) is 0 Å². The highest BCUT2D eigenvalue weighted by atomic mass is 35.5. The number of nitrogens with two attached hydrogens (primary N) is 1. The third-order valence-corrected chi connectivity index (χ3v) is 3.81. The van der Waals surface area contributed by atoms with E-state index in [-0.39, 0.29) is 11.6 Å². The predicted molar refractivity (Wildman–Crippen MR) is 97.6 cm³/mol. The minimum atomic E-state index is -0.682. The summed E-state index contributed by atoms with van der Waals surface area (Å²) in [5, 5.41) is 19.8. The number of para-hydroxylation sites is 1. The Balaban J connectivity index is 1.88. The molecule has 2 aromatic heterocycles. The Morgan fingerprint density at radius 3 is 2.77 bits per heavy atom. The van der Waals surface area contributed by atoms with Gasteiger partial charge < -0.3 is 5.73 Å². The summed E-state index contributed by atoms with van der Waals surface area (Å²) in [5.74, 6) is -0.378. The molecule has 0 fully saturated rings. The van der Waals surface area contributed by atoms with Crippen LogP contribution >= 0.6 is 11.6 Å². The number of rotatable bonds is 5. The van der Waals surface area contributed by atoms with Gasteiger partial charge in [0.2, 0.25) is 11.6 Å². The molecule has 3 rings (SSSR count). The Kier molecular flexibility index (Phi) is 4.76. The van der Waals surface area contributed by atoms with Crippen LogP contribution in [-0.2, 0) is 0 Å². The Bertz CT molecular complexity index is 987. The summed E-state index contributed by atoms with van der Waals surface area (Å²) in [6.07, 6.45) is 2.51. The zero-order chi connectivity index (χ0) is 18.7. The Morgan fingerprint density at radius 1 is 1.35 bits per heavy atom. The Hall–Kier alpha value is -3.53. The molecule has 0 spiro atoms. The van der Waals surface area contributed by atoms with Gasteiger partial charge >= 0.3 is 5.69 Å². The number of hydrogen-bond acceptors (Lipinski definition) is 8. The molecule has 11 heteroatoms. The van der Waals surface area contributed by atoms with Gasteiger partial charge in [-0.2, -0.15) is 10.2 Å². The van der Waals surface area contributed by atoms with E-state index in [2.05, 4.69) is 25.6 Å². The fourth-order valence-corrected chi connectivity index (χ4v) is 2.53. The summed E-state index contributed by atoms with van der Waals surface area (Å²) in [5.41, 5.74) is 9.54. The molecule has 132 valence electrons. The lowest BCUT2D eigenvalue weighted by Gasteiger charge is -2.02. The van der Waals surface area contributed by atoms with Crippen LogP contribution in [-0.4, -0.2) is 30.9 Å². The number of hydrazone groups is 1. The van der Waals surface area contributed by atoms with E-state index in [0.717, 1.165) is 12.0 Å². The first-order valence-electron chi connectivity index (χ1n) is 7.33. The molecule has 0 bridgehead atoms. The third-order valence-electron chi connectivity index (χ3n) is 3.45. The maximum absolute atomic E-state index is 11.1. The molecular formula is C15H13ClN8O2.